The zero-order chi connectivity index (χ0) is 20.1. The van der Waals surface area contributed by atoms with Gasteiger partial charge in [0.05, 0.1) is 0 Å². The van der Waals surface area contributed by atoms with Crippen molar-refractivity contribution in [2.24, 2.45) is 0 Å². The molecule has 0 spiro atoms. The van der Waals surface area contributed by atoms with Crippen LogP contribution in [-0.2, 0) is 6.42 Å². The summed E-state index contributed by atoms with van der Waals surface area (Å²) in [5.41, 5.74) is 3.18. The van der Waals surface area contributed by atoms with Crippen LogP contribution in [0.15, 0.2) is 87.8 Å². The molecule has 0 aliphatic heterocycles. The summed E-state index contributed by atoms with van der Waals surface area (Å²) in [5.74, 6) is 1.06. The Morgan fingerprint density at radius 3 is 2.34 bits per heavy atom. The number of rotatable bonds is 7. The number of aromatic nitrogens is 2. The van der Waals surface area contributed by atoms with Crippen LogP contribution in [0.5, 0.6) is 0 Å². The normalized spacial score (nSPS) is 12.1. The molecular formula is C23H19BrClN3O. The van der Waals surface area contributed by atoms with Crippen molar-refractivity contribution in [3.63, 3.8) is 0 Å². The lowest BCUT2D eigenvalue weighted by Gasteiger charge is -2.16. The Morgan fingerprint density at radius 1 is 0.897 bits per heavy atom. The first-order chi connectivity index (χ1) is 14.2. The van der Waals surface area contributed by atoms with Gasteiger partial charge in [0.2, 0.25) is 11.8 Å². The third-order valence-electron chi connectivity index (χ3n) is 4.59. The van der Waals surface area contributed by atoms with Crippen LogP contribution in [0, 0.1) is 0 Å². The topological polar surface area (TPSA) is 51.0 Å². The molecule has 0 unspecified atom stereocenters. The first-order valence-corrected chi connectivity index (χ1v) is 10.5. The zero-order valence-electron chi connectivity index (χ0n) is 15.6. The van der Waals surface area contributed by atoms with Crippen LogP contribution in [0.2, 0.25) is 5.02 Å². The third kappa shape index (κ3) is 5.12. The molecular weight excluding hydrogens is 450 g/mol. The molecule has 0 aliphatic rings. The van der Waals surface area contributed by atoms with Gasteiger partial charge in [0, 0.05) is 21.6 Å². The minimum absolute atomic E-state index is 0.194. The van der Waals surface area contributed by atoms with Crippen LogP contribution < -0.4 is 5.32 Å². The van der Waals surface area contributed by atoms with Crippen LogP contribution in [-0.4, -0.2) is 16.7 Å². The maximum atomic E-state index is 6.02. The Kier molecular flexibility index (Phi) is 6.39. The van der Waals surface area contributed by atoms with Crippen LogP contribution in [0.25, 0.3) is 11.5 Å². The molecule has 1 aromatic heterocycles. The molecule has 1 heterocycles. The number of hydrogen-bond acceptors (Lipinski definition) is 4. The van der Waals surface area contributed by atoms with E-state index < -0.39 is 0 Å². The Hall–Kier alpha value is -2.47. The molecule has 0 saturated carbocycles. The quantitative estimate of drug-likeness (QED) is 0.357. The second-order valence-electron chi connectivity index (χ2n) is 6.63. The van der Waals surface area contributed by atoms with Crippen molar-refractivity contribution in [3.8, 4) is 11.5 Å². The van der Waals surface area contributed by atoms with E-state index in [0.29, 0.717) is 11.8 Å². The fourth-order valence-corrected chi connectivity index (χ4v) is 3.45. The maximum absolute atomic E-state index is 6.02. The van der Waals surface area contributed by atoms with Crippen LogP contribution >= 0.6 is 27.5 Å². The number of nitrogens with zero attached hydrogens (tertiary/aromatic N) is 2. The lowest BCUT2D eigenvalue weighted by Crippen LogP contribution is -2.25. The molecule has 4 rings (SSSR count). The van der Waals surface area contributed by atoms with Crippen molar-refractivity contribution in [3.05, 3.63) is 105 Å². The minimum Gasteiger partial charge on any atom is -0.419 e. The highest BCUT2D eigenvalue weighted by Crippen LogP contribution is 2.26. The Balaban J connectivity index is 1.54. The van der Waals surface area contributed by atoms with Crippen molar-refractivity contribution < 1.29 is 4.42 Å². The zero-order valence-corrected chi connectivity index (χ0v) is 17.9. The van der Waals surface area contributed by atoms with Gasteiger partial charge >= 0.3 is 0 Å². The van der Waals surface area contributed by atoms with Crippen molar-refractivity contribution in [1.29, 1.82) is 0 Å². The number of nitrogens with one attached hydrogen (secondary N) is 1. The fraction of sp³-hybridized carbons (Fsp3) is 0.130. The van der Waals surface area contributed by atoms with E-state index in [2.05, 4.69) is 43.6 Å². The summed E-state index contributed by atoms with van der Waals surface area (Å²) < 4.78 is 7.05. The van der Waals surface area contributed by atoms with Crippen molar-refractivity contribution in [2.45, 2.75) is 12.5 Å². The van der Waals surface area contributed by atoms with E-state index in [0.717, 1.165) is 33.6 Å². The van der Waals surface area contributed by atoms with Gasteiger partial charge in [0.15, 0.2) is 0 Å². The molecule has 29 heavy (non-hydrogen) atoms. The molecule has 0 aliphatic carbocycles. The minimum atomic E-state index is -0.194. The summed E-state index contributed by atoms with van der Waals surface area (Å²) in [5, 5.41) is 12.9. The fourth-order valence-electron chi connectivity index (χ4n) is 3.06. The lowest BCUT2D eigenvalue weighted by atomic mass is 10.1. The van der Waals surface area contributed by atoms with Crippen LogP contribution in [0.4, 0.5) is 0 Å². The summed E-state index contributed by atoms with van der Waals surface area (Å²) in [7, 11) is 0. The molecule has 3 aromatic carbocycles. The third-order valence-corrected chi connectivity index (χ3v) is 5.37. The molecule has 1 N–H and O–H groups in total. The van der Waals surface area contributed by atoms with Gasteiger partial charge in [-0.25, -0.2) is 0 Å². The van der Waals surface area contributed by atoms with E-state index in [1.54, 1.807) is 0 Å². The molecule has 0 amide bonds. The number of benzene rings is 3. The lowest BCUT2D eigenvalue weighted by molar-refractivity contribution is 0.440. The average Bonchev–Trinajstić information content (AvgIpc) is 3.24. The highest BCUT2D eigenvalue weighted by molar-refractivity contribution is 9.10. The van der Waals surface area contributed by atoms with Gasteiger partial charge in [-0.15, -0.1) is 10.2 Å². The van der Waals surface area contributed by atoms with Gasteiger partial charge in [-0.05, 0) is 53.9 Å². The SMILES string of the molecule is Clc1ccc(CCN[C@H](c2ccc(Br)cc2)c2nnc(-c3ccccc3)o2)cc1. The standard InChI is InChI=1S/C23H19BrClN3O/c24-19-10-8-17(9-11-19)21(26-15-14-16-6-12-20(25)13-7-16)23-28-27-22(29-23)18-4-2-1-3-5-18/h1-13,21,26H,14-15H2/t21-/m1/s1. The Morgan fingerprint density at radius 2 is 1.62 bits per heavy atom. The van der Waals surface area contributed by atoms with E-state index in [-0.39, 0.29) is 6.04 Å². The van der Waals surface area contributed by atoms with Gasteiger partial charge in [-0.2, -0.15) is 0 Å². The van der Waals surface area contributed by atoms with Crippen molar-refractivity contribution >= 4 is 27.5 Å². The summed E-state index contributed by atoms with van der Waals surface area (Å²) >= 11 is 9.47. The van der Waals surface area contributed by atoms with Gasteiger partial charge in [-0.1, -0.05) is 70.0 Å². The van der Waals surface area contributed by atoms with Gasteiger partial charge in [0.1, 0.15) is 6.04 Å². The first kappa shape index (κ1) is 19.8. The molecule has 6 heteroatoms. The van der Waals surface area contributed by atoms with Crippen LogP contribution in [0.1, 0.15) is 23.1 Å². The first-order valence-electron chi connectivity index (χ1n) is 9.31. The smallest absolute Gasteiger partial charge is 0.247 e. The van der Waals surface area contributed by atoms with E-state index in [1.807, 2.05) is 66.7 Å². The average molecular weight is 469 g/mol. The molecule has 1 atom stereocenters. The molecule has 0 saturated heterocycles. The van der Waals surface area contributed by atoms with E-state index in [1.165, 1.54) is 5.56 Å². The predicted octanol–water partition coefficient (Wildman–Crippen LogP) is 6.07. The van der Waals surface area contributed by atoms with E-state index >= 15 is 0 Å². The van der Waals surface area contributed by atoms with Crippen LogP contribution in [0.3, 0.4) is 0 Å². The monoisotopic (exact) mass is 467 g/mol. The molecule has 4 nitrogen and oxygen atoms in total. The van der Waals surface area contributed by atoms with E-state index in [4.69, 9.17) is 16.0 Å². The predicted molar refractivity (Wildman–Crippen MR) is 119 cm³/mol. The van der Waals surface area contributed by atoms with Crippen molar-refractivity contribution in [1.82, 2.24) is 15.5 Å². The van der Waals surface area contributed by atoms with Gasteiger partial charge < -0.3 is 9.73 Å². The highest BCUT2D eigenvalue weighted by Gasteiger charge is 2.21. The van der Waals surface area contributed by atoms with Gasteiger partial charge in [0.25, 0.3) is 0 Å². The summed E-state index contributed by atoms with van der Waals surface area (Å²) in [4.78, 5) is 0. The summed E-state index contributed by atoms with van der Waals surface area (Å²) in [6.07, 6.45) is 0.865. The summed E-state index contributed by atoms with van der Waals surface area (Å²) in [6, 6.07) is 25.6. The number of hydrogen-bond donors (Lipinski definition) is 1. The molecule has 0 radical (unpaired) electrons. The Bertz CT molecular complexity index is 1050. The molecule has 0 fully saturated rings. The molecule has 0 bridgehead atoms. The second-order valence-corrected chi connectivity index (χ2v) is 7.98. The number of halogens is 2. The highest BCUT2D eigenvalue weighted by atomic mass is 79.9. The molecule has 4 aromatic rings. The Labute approximate surface area is 183 Å². The molecule has 146 valence electrons. The van der Waals surface area contributed by atoms with Gasteiger partial charge in [-0.3, -0.25) is 0 Å². The maximum Gasteiger partial charge on any atom is 0.247 e. The van der Waals surface area contributed by atoms with Crippen molar-refractivity contribution in [2.75, 3.05) is 6.54 Å². The summed E-state index contributed by atoms with van der Waals surface area (Å²) in [6.45, 7) is 0.755. The second kappa shape index (κ2) is 9.35. The van der Waals surface area contributed by atoms with E-state index in [9.17, 15) is 0 Å². The largest absolute Gasteiger partial charge is 0.419 e.